The van der Waals surface area contributed by atoms with E-state index in [4.69, 9.17) is 19.2 Å². The summed E-state index contributed by atoms with van der Waals surface area (Å²) in [4.78, 5) is 35.4. The third-order valence-corrected chi connectivity index (χ3v) is 5.79. The number of nitrogens with zero attached hydrogens (tertiary/aromatic N) is 3. The van der Waals surface area contributed by atoms with Gasteiger partial charge in [-0.3, -0.25) is 4.79 Å². The van der Waals surface area contributed by atoms with Crippen LogP contribution in [0.2, 0.25) is 0 Å². The molecule has 8 nitrogen and oxygen atoms in total. The van der Waals surface area contributed by atoms with Crippen molar-refractivity contribution in [3.8, 4) is 22.5 Å². The Kier molecular flexibility index (Phi) is 6.72. The van der Waals surface area contributed by atoms with E-state index in [0.29, 0.717) is 28.9 Å². The zero-order chi connectivity index (χ0) is 25.8. The lowest BCUT2D eigenvalue weighted by molar-refractivity contribution is -0.124. The molecule has 8 heteroatoms. The number of hydrogen-bond donors (Lipinski definition) is 1. The van der Waals surface area contributed by atoms with Crippen molar-refractivity contribution in [2.45, 2.75) is 26.4 Å². The molecular weight excluding hydrogens is 468 g/mol. The van der Waals surface area contributed by atoms with Gasteiger partial charge in [-0.25, -0.2) is 14.8 Å². The van der Waals surface area contributed by atoms with Crippen LogP contribution in [0.3, 0.4) is 0 Å². The topological polar surface area (TPSA) is 107 Å². The first-order valence-electron chi connectivity index (χ1n) is 11.9. The van der Waals surface area contributed by atoms with Crippen molar-refractivity contribution in [1.82, 2.24) is 15.1 Å². The number of rotatable bonds is 7. The van der Waals surface area contributed by atoms with E-state index in [1.165, 1.54) is 0 Å². The Labute approximate surface area is 213 Å². The molecule has 1 unspecified atom stereocenters. The Morgan fingerprint density at radius 1 is 0.865 bits per heavy atom. The fraction of sp³-hybridized carbons (Fsp3) is 0.138. The molecule has 3 aromatic carbocycles. The summed E-state index contributed by atoms with van der Waals surface area (Å²) in [7, 11) is 0. The molecule has 0 radical (unpaired) electrons. The average Bonchev–Trinajstić information content (AvgIpc) is 3.35. The Morgan fingerprint density at radius 2 is 1.49 bits per heavy atom. The molecular formula is C29H24N4O4. The molecule has 0 fully saturated rings. The van der Waals surface area contributed by atoms with Crippen LogP contribution in [-0.2, 0) is 9.53 Å². The molecule has 5 rings (SSSR count). The first kappa shape index (κ1) is 23.9. The molecule has 2 heterocycles. The first-order chi connectivity index (χ1) is 18.0. The summed E-state index contributed by atoms with van der Waals surface area (Å²) in [6.45, 7) is 3.48. The zero-order valence-electron chi connectivity index (χ0n) is 20.3. The lowest BCUT2D eigenvalue weighted by Crippen LogP contribution is -2.32. The lowest BCUT2D eigenvalue weighted by atomic mass is 10.0. The van der Waals surface area contributed by atoms with E-state index in [2.05, 4.69) is 10.5 Å². The number of ether oxygens (including phenoxy) is 1. The van der Waals surface area contributed by atoms with E-state index >= 15 is 0 Å². The molecule has 0 bridgehead atoms. The van der Waals surface area contributed by atoms with Gasteiger partial charge in [-0.05, 0) is 31.5 Å². The van der Waals surface area contributed by atoms with Crippen molar-refractivity contribution in [2.24, 2.45) is 0 Å². The van der Waals surface area contributed by atoms with Crippen molar-refractivity contribution in [2.75, 3.05) is 5.32 Å². The van der Waals surface area contributed by atoms with Gasteiger partial charge in [-0.1, -0.05) is 72.7 Å². The van der Waals surface area contributed by atoms with Gasteiger partial charge in [0.2, 0.25) is 0 Å². The summed E-state index contributed by atoms with van der Waals surface area (Å²) in [6, 6.07) is 26.2. The van der Waals surface area contributed by atoms with Gasteiger partial charge in [-0.15, -0.1) is 0 Å². The van der Waals surface area contributed by atoms with Gasteiger partial charge in [0.25, 0.3) is 5.91 Å². The van der Waals surface area contributed by atoms with Crippen LogP contribution < -0.4 is 5.32 Å². The minimum Gasteiger partial charge on any atom is -0.449 e. The van der Waals surface area contributed by atoms with Gasteiger partial charge in [0, 0.05) is 17.2 Å². The van der Waals surface area contributed by atoms with Crippen LogP contribution in [0.4, 0.5) is 5.82 Å². The van der Waals surface area contributed by atoms with Crippen LogP contribution in [0.15, 0.2) is 89.5 Å². The first-order valence-corrected chi connectivity index (χ1v) is 11.9. The number of fused-ring (bicyclic) bond motifs is 1. The number of carbonyl (C=O) groups excluding carboxylic acids is 2. The Balaban J connectivity index is 1.45. The van der Waals surface area contributed by atoms with Crippen LogP contribution in [0, 0.1) is 6.92 Å². The summed E-state index contributed by atoms with van der Waals surface area (Å²) in [5.41, 5.74) is 4.77. The van der Waals surface area contributed by atoms with Crippen molar-refractivity contribution >= 4 is 28.7 Å². The highest BCUT2D eigenvalue weighted by Gasteiger charge is 2.23. The number of nitrogens with one attached hydrogen (secondary N) is 1. The van der Waals surface area contributed by atoms with Gasteiger partial charge >= 0.3 is 5.97 Å². The van der Waals surface area contributed by atoms with Gasteiger partial charge < -0.3 is 14.6 Å². The molecule has 0 aliphatic carbocycles. The fourth-order valence-electron chi connectivity index (χ4n) is 3.93. The molecule has 184 valence electrons. The molecule has 0 aliphatic heterocycles. The molecule has 0 aliphatic rings. The number of aromatic nitrogens is 3. The molecule has 2 aromatic heterocycles. The van der Waals surface area contributed by atoms with Crippen LogP contribution in [0.25, 0.3) is 33.5 Å². The normalized spacial score (nSPS) is 11.7. The minimum atomic E-state index is -0.994. The Bertz CT molecular complexity index is 1570. The van der Waals surface area contributed by atoms with Crippen molar-refractivity contribution < 1.29 is 18.8 Å². The number of carbonyl (C=O) groups is 2. The fourth-order valence-corrected chi connectivity index (χ4v) is 3.93. The second-order valence-corrected chi connectivity index (χ2v) is 8.47. The molecule has 1 atom stereocenters. The van der Waals surface area contributed by atoms with E-state index in [9.17, 15) is 9.59 Å². The maximum atomic E-state index is 13.0. The van der Waals surface area contributed by atoms with E-state index in [0.717, 1.165) is 16.8 Å². The SMILES string of the molecule is CCC(OC(=O)c1ccc2nc(-c3ccccc3)c(-c3ccccc3)nc2c1)C(=O)Nc1cc(C)on1. The number of amides is 1. The molecule has 0 saturated carbocycles. The second kappa shape index (κ2) is 10.4. The van der Waals surface area contributed by atoms with Crippen molar-refractivity contribution in [3.05, 3.63) is 96.3 Å². The van der Waals surface area contributed by atoms with Crippen molar-refractivity contribution in [3.63, 3.8) is 0 Å². The summed E-state index contributed by atoms with van der Waals surface area (Å²) in [5, 5.41) is 6.35. The summed E-state index contributed by atoms with van der Waals surface area (Å²) in [6.07, 6.45) is -0.702. The maximum absolute atomic E-state index is 13.0. The largest absolute Gasteiger partial charge is 0.449 e. The molecule has 1 N–H and O–H groups in total. The van der Waals surface area contributed by atoms with Gasteiger partial charge in [0.05, 0.1) is 28.0 Å². The van der Waals surface area contributed by atoms with Crippen LogP contribution in [0.1, 0.15) is 29.5 Å². The third-order valence-electron chi connectivity index (χ3n) is 5.79. The third kappa shape index (κ3) is 5.23. The number of anilines is 1. The highest BCUT2D eigenvalue weighted by molar-refractivity contribution is 5.98. The highest BCUT2D eigenvalue weighted by atomic mass is 16.5. The minimum absolute atomic E-state index is 0.264. The van der Waals surface area contributed by atoms with Gasteiger partial charge in [-0.2, -0.15) is 0 Å². The Morgan fingerprint density at radius 3 is 2.05 bits per heavy atom. The highest BCUT2D eigenvalue weighted by Crippen LogP contribution is 2.31. The standard InChI is InChI=1S/C29H24N4O4/c1-3-24(28(34)32-25-16-18(2)37-33-25)36-29(35)21-14-15-22-23(17-21)31-27(20-12-8-5-9-13-20)26(30-22)19-10-6-4-7-11-19/h4-17,24H,3H2,1-2H3,(H,32,33,34). The number of aryl methyl sites for hydroxylation is 1. The van der Waals surface area contributed by atoms with E-state index < -0.39 is 18.0 Å². The van der Waals surface area contributed by atoms with Crippen LogP contribution >= 0.6 is 0 Å². The monoisotopic (exact) mass is 492 g/mol. The van der Waals surface area contributed by atoms with E-state index in [1.54, 1.807) is 38.1 Å². The summed E-state index contributed by atoms with van der Waals surface area (Å²) in [5.74, 6) is -0.289. The van der Waals surface area contributed by atoms with E-state index in [1.807, 2.05) is 60.7 Å². The average molecular weight is 493 g/mol. The smallest absolute Gasteiger partial charge is 0.338 e. The molecule has 37 heavy (non-hydrogen) atoms. The second-order valence-electron chi connectivity index (χ2n) is 8.47. The predicted molar refractivity (Wildman–Crippen MR) is 140 cm³/mol. The van der Waals surface area contributed by atoms with Crippen LogP contribution in [0.5, 0.6) is 0 Å². The lowest BCUT2D eigenvalue weighted by Gasteiger charge is -2.15. The number of benzene rings is 3. The number of hydrogen-bond acceptors (Lipinski definition) is 7. The quantitative estimate of drug-likeness (QED) is 0.285. The van der Waals surface area contributed by atoms with Crippen LogP contribution in [-0.4, -0.2) is 33.1 Å². The molecule has 5 aromatic rings. The zero-order valence-corrected chi connectivity index (χ0v) is 20.3. The number of esters is 1. The molecule has 0 saturated heterocycles. The van der Waals surface area contributed by atoms with Gasteiger partial charge in [0.1, 0.15) is 5.76 Å². The maximum Gasteiger partial charge on any atom is 0.338 e. The molecule has 1 amide bonds. The van der Waals surface area contributed by atoms with E-state index in [-0.39, 0.29) is 11.4 Å². The van der Waals surface area contributed by atoms with Gasteiger partial charge in [0.15, 0.2) is 11.9 Å². The summed E-state index contributed by atoms with van der Waals surface area (Å²) < 4.78 is 10.5. The Hall–Kier alpha value is -4.85. The summed E-state index contributed by atoms with van der Waals surface area (Å²) >= 11 is 0. The van der Waals surface area contributed by atoms with Crippen molar-refractivity contribution in [1.29, 1.82) is 0 Å². The predicted octanol–water partition coefficient (Wildman–Crippen LogP) is 5.83. The molecule has 0 spiro atoms.